The van der Waals surface area contributed by atoms with E-state index in [1.54, 1.807) is 26.1 Å². The van der Waals surface area contributed by atoms with Crippen LogP contribution < -0.4 is 4.74 Å². The van der Waals surface area contributed by atoms with Crippen LogP contribution in [0.5, 0.6) is 5.75 Å². The Bertz CT molecular complexity index is 714. The Hall–Kier alpha value is -2.24. The summed E-state index contributed by atoms with van der Waals surface area (Å²) in [5.74, 6) is 2.03. The van der Waals surface area contributed by atoms with E-state index in [1.165, 1.54) is 6.42 Å². The van der Waals surface area contributed by atoms with Crippen molar-refractivity contribution in [1.82, 2.24) is 14.7 Å². The van der Waals surface area contributed by atoms with Gasteiger partial charge in [0, 0.05) is 51.5 Å². The number of amides is 3. The number of hydrogen-bond donors (Lipinski definition) is 0. The van der Waals surface area contributed by atoms with E-state index in [0.29, 0.717) is 24.3 Å². The third-order valence-corrected chi connectivity index (χ3v) is 6.52. The summed E-state index contributed by atoms with van der Waals surface area (Å²) in [5, 5.41) is 0. The SMILES string of the molecule is COc1ccc([C@H]2[C@@H]3CN(C(=O)C4CCC4)C[C@@H]3CN2C(=O)N(C)C)cc1. The van der Waals surface area contributed by atoms with E-state index in [1.807, 2.05) is 17.0 Å². The number of hydrogen-bond acceptors (Lipinski definition) is 3. The van der Waals surface area contributed by atoms with Crippen molar-refractivity contribution in [2.24, 2.45) is 17.8 Å². The fraction of sp³-hybridized carbons (Fsp3) is 0.619. The number of carbonyl (C=O) groups is 2. The first-order valence-corrected chi connectivity index (χ1v) is 9.90. The zero-order valence-corrected chi connectivity index (χ0v) is 16.4. The molecular weight excluding hydrogens is 342 g/mol. The van der Waals surface area contributed by atoms with Gasteiger partial charge in [-0.2, -0.15) is 0 Å². The Labute approximate surface area is 161 Å². The van der Waals surface area contributed by atoms with Crippen molar-refractivity contribution in [2.45, 2.75) is 25.3 Å². The molecule has 0 unspecified atom stereocenters. The highest BCUT2D eigenvalue weighted by atomic mass is 16.5. The second-order valence-electron chi connectivity index (χ2n) is 8.34. The normalized spacial score (nSPS) is 27.3. The van der Waals surface area contributed by atoms with Crippen LogP contribution in [0.4, 0.5) is 4.79 Å². The predicted molar refractivity (Wildman–Crippen MR) is 102 cm³/mol. The van der Waals surface area contributed by atoms with Gasteiger partial charge in [-0.05, 0) is 30.5 Å². The number of ether oxygens (including phenoxy) is 1. The minimum Gasteiger partial charge on any atom is -0.497 e. The van der Waals surface area contributed by atoms with Crippen molar-refractivity contribution in [3.05, 3.63) is 29.8 Å². The Balaban J connectivity index is 1.58. The Morgan fingerprint density at radius 2 is 1.78 bits per heavy atom. The lowest BCUT2D eigenvalue weighted by Gasteiger charge is -2.33. The van der Waals surface area contributed by atoms with Gasteiger partial charge in [0.05, 0.1) is 13.2 Å². The molecular formula is C21H29N3O3. The summed E-state index contributed by atoms with van der Waals surface area (Å²) in [6, 6.07) is 8.06. The van der Waals surface area contributed by atoms with Gasteiger partial charge in [-0.25, -0.2) is 4.79 Å². The number of methoxy groups -OCH3 is 1. The molecule has 27 heavy (non-hydrogen) atoms. The molecule has 146 valence electrons. The maximum atomic E-state index is 12.8. The summed E-state index contributed by atoms with van der Waals surface area (Å²) < 4.78 is 5.28. The van der Waals surface area contributed by atoms with Gasteiger partial charge < -0.3 is 19.4 Å². The van der Waals surface area contributed by atoms with E-state index < -0.39 is 0 Å². The van der Waals surface area contributed by atoms with E-state index in [2.05, 4.69) is 17.0 Å². The number of rotatable bonds is 3. The number of benzene rings is 1. The van der Waals surface area contributed by atoms with E-state index in [4.69, 9.17) is 4.74 Å². The van der Waals surface area contributed by atoms with E-state index >= 15 is 0 Å². The van der Waals surface area contributed by atoms with Crippen molar-refractivity contribution in [1.29, 1.82) is 0 Å². The molecule has 0 spiro atoms. The first kappa shape index (κ1) is 18.1. The first-order valence-electron chi connectivity index (χ1n) is 9.90. The average Bonchev–Trinajstić information content (AvgIpc) is 3.17. The van der Waals surface area contributed by atoms with Crippen LogP contribution >= 0.6 is 0 Å². The highest BCUT2D eigenvalue weighted by molar-refractivity contribution is 5.80. The van der Waals surface area contributed by atoms with Crippen LogP contribution in [0, 0.1) is 17.8 Å². The standard InChI is InChI=1S/C21H29N3O3/c1-22(2)21(26)24-12-16-11-23(20(25)15-5-4-6-15)13-18(16)19(24)14-7-9-17(27-3)10-8-14/h7-10,15-16,18-19H,4-6,11-13H2,1-3H3/t16-,18-,19+/m1/s1. The summed E-state index contributed by atoms with van der Waals surface area (Å²) in [4.78, 5) is 31.2. The van der Waals surface area contributed by atoms with Gasteiger partial charge in [0.15, 0.2) is 0 Å². The number of nitrogens with zero attached hydrogens (tertiary/aromatic N) is 3. The highest BCUT2D eigenvalue weighted by Crippen LogP contribution is 2.46. The molecule has 3 aliphatic rings. The van der Waals surface area contributed by atoms with Crippen molar-refractivity contribution in [3.8, 4) is 5.75 Å². The lowest BCUT2D eigenvalue weighted by Crippen LogP contribution is -2.43. The minimum absolute atomic E-state index is 0.00926. The summed E-state index contributed by atoms with van der Waals surface area (Å²) in [5.41, 5.74) is 1.12. The monoisotopic (exact) mass is 371 g/mol. The molecule has 1 aromatic carbocycles. The van der Waals surface area contributed by atoms with Crippen LogP contribution in [0.1, 0.15) is 30.9 Å². The van der Waals surface area contributed by atoms with Crippen LogP contribution in [-0.4, -0.2) is 67.5 Å². The second-order valence-corrected chi connectivity index (χ2v) is 8.34. The lowest BCUT2D eigenvalue weighted by molar-refractivity contribution is -0.137. The summed E-state index contributed by atoms with van der Waals surface area (Å²) >= 11 is 0. The van der Waals surface area contributed by atoms with Crippen molar-refractivity contribution in [2.75, 3.05) is 40.8 Å². The molecule has 6 nitrogen and oxygen atoms in total. The van der Waals surface area contributed by atoms with Crippen molar-refractivity contribution < 1.29 is 14.3 Å². The Kier molecular flexibility index (Phi) is 4.74. The Morgan fingerprint density at radius 3 is 2.33 bits per heavy atom. The third kappa shape index (κ3) is 3.15. The summed E-state index contributed by atoms with van der Waals surface area (Å²) in [6.07, 6.45) is 3.26. The van der Waals surface area contributed by atoms with Gasteiger partial charge in [-0.15, -0.1) is 0 Å². The third-order valence-electron chi connectivity index (χ3n) is 6.52. The molecule has 3 fully saturated rings. The van der Waals surface area contributed by atoms with E-state index in [0.717, 1.165) is 37.2 Å². The molecule has 0 radical (unpaired) electrons. The molecule has 1 aliphatic carbocycles. The quantitative estimate of drug-likeness (QED) is 0.821. The van der Waals surface area contributed by atoms with Crippen molar-refractivity contribution in [3.63, 3.8) is 0 Å². The van der Waals surface area contributed by atoms with Crippen LogP contribution in [0.2, 0.25) is 0 Å². The van der Waals surface area contributed by atoms with Crippen LogP contribution in [0.3, 0.4) is 0 Å². The number of likely N-dealkylation sites (tertiary alicyclic amines) is 2. The molecule has 0 bridgehead atoms. The molecule has 0 N–H and O–H groups in total. The maximum Gasteiger partial charge on any atom is 0.320 e. The van der Waals surface area contributed by atoms with Gasteiger partial charge in [-0.3, -0.25) is 4.79 Å². The fourth-order valence-electron chi connectivity index (χ4n) is 4.82. The van der Waals surface area contributed by atoms with Crippen molar-refractivity contribution >= 4 is 11.9 Å². The fourth-order valence-corrected chi connectivity index (χ4v) is 4.82. The molecule has 3 atom stereocenters. The maximum absolute atomic E-state index is 12.8. The zero-order chi connectivity index (χ0) is 19.1. The van der Waals surface area contributed by atoms with Gasteiger partial charge in [-0.1, -0.05) is 18.6 Å². The van der Waals surface area contributed by atoms with Gasteiger partial charge in [0.2, 0.25) is 5.91 Å². The summed E-state index contributed by atoms with van der Waals surface area (Å²) in [6.45, 7) is 2.25. The predicted octanol–water partition coefficient (Wildman–Crippen LogP) is 2.61. The minimum atomic E-state index is 0.00926. The average molecular weight is 371 g/mol. The van der Waals surface area contributed by atoms with E-state index in [-0.39, 0.29) is 18.0 Å². The van der Waals surface area contributed by atoms with E-state index in [9.17, 15) is 9.59 Å². The molecule has 0 aromatic heterocycles. The molecule has 1 aromatic rings. The smallest absolute Gasteiger partial charge is 0.320 e. The highest BCUT2D eigenvalue weighted by Gasteiger charge is 2.51. The van der Waals surface area contributed by atoms with Gasteiger partial charge >= 0.3 is 6.03 Å². The molecule has 1 saturated carbocycles. The molecule has 2 aliphatic heterocycles. The topological polar surface area (TPSA) is 53.1 Å². The second kappa shape index (κ2) is 7.06. The molecule has 3 amide bonds. The molecule has 4 rings (SSSR count). The molecule has 2 heterocycles. The molecule has 2 saturated heterocycles. The summed E-state index contributed by atoms with van der Waals surface area (Å²) in [7, 11) is 5.26. The number of carbonyl (C=O) groups excluding carboxylic acids is 2. The number of fused-ring (bicyclic) bond motifs is 1. The zero-order valence-electron chi connectivity index (χ0n) is 16.4. The Morgan fingerprint density at radius 1 is 1.07 bits per heavy atom. The number of urea groups is 1. The molecule has 6 heteroatoms. The first-order chi connectivity index (χ1) is 13.0. The van der Waals surface area contributed by atoms with Crippen LogP contribution in [-0.2, 0) is 4.79 Å². The lowest BCUT2D eigenvalue weighted by atomic mass is 9.84. The largest absolute Gasteiger partial charge is 0.497 e. The van der Waals surface area contributed by atoms with Gasteiger partial charge in [0.25, 0.3) is 0 Å². The van der Waals surface area contributed by atoms with Crippen LogP contribution in [0.25, 0.3) is 0 Å². The van der Waals surface area contributed by atoms with Crippen LogP contribution in [0.15, 0.2) is 24.3 Å². The van der Waals surface area contributed by atoms with Gasteiger partial charge in [0.1, 0.15) is 5.75 Å².